The number of carbonyl (C=O) groups excluding carboxylic acids is 1. The highest BCUT2D eigenvalue weighted by atomic mass is 16.5. The molecule has 2 aromatic rings. The van der Waals surface area contributed by atoms with Crippen molar-refractivity contribution in [1.82, 2.24) is 20.3 Å². The van der Waals surface area contributed by atoms with Crippen molar-refractivity contribution in [2.75, 3.05) is 33.2 Å². The number of hydrogen-bond donors (Lipinski definition) is 1. The molecule has 1 aromatic carbocycles. The minimum Gasteiger partial charge on any atom is -0.361 e. The Bertz CT molecular complexity index is 713. The first-order chi connectivity index (χ1) is 12.0. The minimum atomic E-state index is -0.138. The average molecular weight is 342 g/mol. The van der Waals surface area contributed by atoms with E-state index in [1.807, 2.05) is 6.07 Å². The van der Waals surface area contributed by atoms with Crippen molar-refractivity contribution < 1.29 is 9.32 Å². The molecule has 1 aromatic heterocycles. The normalized spacial score (nSPS) is 16.1. The third-order valence-electron chi connectivity index (χ3n) is 4.71. The van der Waals surface area contributed by atoms with Crippen molar-refractivity contribution in [3.05, 3.63) is 52.4 Å². The van der Waals surface area contributed by atoms with Gasteiger partial charge in [-0.3, -0.25) is 9.69 Å². The Kier molecular flexibility index (Phi) is 5.50. The van der Waals surface area contributed by atoms with E-state index >= 15 is 0 Å². The first-order valence-electron chi connectivity index (χ1n) is 8.72. The van der Waals surface area contributed by atoms with Gasteiger partial charge in [-0.05, 0) is 32.0 Å². The van der Waals surface area contributed by atoms with Gasteiger partial charge in [0.15, 0.2) is 0 Å². The number of carbonyl (C=O) groups is 1. The van der Waals surface area contributed by atoms with E-state index in [2.05, 4.69) is 45.5 Å². The molecule has 1 fully saturated rings. The standard InChI is InChI=1S/C19H26N4O2/c1-14-18(15(2)25-21-14)19(24)20-12-16-5-4-6-17(11-16)13-23-9-7-22(3)8-10-23/h4-6,11H,7-10,12-13H2,1-3H3,(H,20,24). The molecule has 6 heteroatoms. The lowest BCUT2D eigenvalue weighted by Crippen LogP contribution is -2.43. The maximum Gasteiger partial charge on any atom is 0.257 e. The molecular formula is C19H26N4O2. The fraction of sp³-hybridized carbons (Fsp3) is 0.474. The first-order valence-corrected chi connectivity index (χ1v) is 8.72. The van der Waals surface area contributed by atoms with Crippen molar-refractivity contribution in [2.45, 2.75) is 26.9 Å². The monoisotopic (exact) mass is 342 g/mol. The number of rotatable bonds is 5. The van der Waals surface area contributed by atoms with Crippen LogP contribution in [0, 0.1) is 13.8 Å². The van der Waals surface area contributed by atoms with Gasteiger partial charge in [-0.1, -0.05) is 29.4 Å². The second-order valence-corrected chi connectivity index (χ2v) is 6.78. The van der Waals surface area contributed by atoms with Gasteiger partial charge in [0.05, 0.1) is 5.69 Å². The van der Waals surface area contributed by atoms with E-state index in [-0.39, 0.29) is 5.91 Å². The second-order valence-electron chi connectivity index (χ2n) is 6.78. The lowest BCUT2D eigenvalue weighted by atomic mass is 10.1. The molecule has 0 unspecified atom stereocenters. The van der Waals surface area contributed by atoms with Crippen LogP contribution in [0.25, 0.3) is 0 Å². The third kappa shape index (κ3) is 4.46. The maximum atomic E-state index is 12.3. The first kappa shape index (κ1) is 17.6. The van der Waals surface area contributed by atoms with Crippen molar-refractivity contribution in [2.24, 2.45) is 0 Å². The van der Waals surface area contributed by atoms with Gasteiger partial charge < -0.3 is 14.7 Å². The summed E-state index contributed by atoms with van der Waals surface area (Å²) in [6.45, 7) is 9.43. The van der Waals surface area contributed by atoms with E-state index in [1.54, 1.807) is 13.8 Å². The van der Waals surface area contributed by atoms with E-state index in [9.17, 15) is 4.79 Å². The number of amides is 1. The van der Waals surface area contributed by atoms with Crippen LogP contribution in [0.5, 0.6) is 0 Å². The fourth-order valence-electron chi connectivity index (χ4n) is 3.18. The smallest absolute Gasteiger partial charge is 0.257 e. The molecule has 0 bridgehead atoms. The Morgan fingerprint density at radius 2 is 1.92 bits per heavy atom. The molecule has 0 atom stereocenters. The molecule has 1 amide bonds. The van der Waals surface area contributed by atoms with Crippen molar-refractivity contribution in [3.8, 4) is 0 Å². The van der Waals surface area contributed by atoms with Gasteiger partial charge in [0, 0.05) is 39.3 Å². The summed E-state index contributed by atoms with van der Waals surface area (Å²) in [6.07, 6.45) is 0. The van der Waals surface area contributed by atoms with Crippen LogP contribution in [0.2, 0.25) is 0 Å². The van der Waals surface area contributed by atoms with E-state index in [0.29, 0.717) is 23.6 Å². The Labute approximate surface area is 148 Å². The number of likely N-dealkylation sites (N-methyl/N-ethyl adjacent to an activating group) is 1. The number of nitrogens with zero attached hydrogens (tertiary/aromatic N) is 3. The van der Waals surface area contributed by atoms with Crippen molar-refractivity contribution >= 4 is 5.91 Å². The van der Waals surface area contributed by atoms with Crippen LogP contribution in [0.4, 0.5) is 0 Å². The Morgan fingerprint density at radius 3 is 2.60 bits per heavy atom. The Morgan fingerprint density at radius 1 is 1.20 bits per heavy atom. The number of nitrogens with one attached hydrogen (secondary N) is 1. The number of hydrogen-bond acceptors (Lipinski definition) is 5. The summed E-state index contributed by atoms with van der Waals surface area (Å²) >= 11 is 0. The molecule has 1 N–H and O–H groups in total. The topological polar surface area (TPSA) is 61.6 Å². The zero-order valence-electron chi connectivity index (χ0n) is 15.2. The van der Waals surface area contributed by atoms with Crippen LogP contribution >= 0.6 is 0 Å². The van der Waals surface area contributed by atoms with Gasteiger partial charge in [-0.25, -0.2) is 0 Å². The van der Waals surface area contributed by atoms with E-state index in [4.69, 9.17) is 4.52 Å². The minimum absolute atomic E-state index is 0.138. The van der Waals surface area contributed by atoms with Crippen LogP contribution in [0.3, 0.4) is 0 Å². The van der Waals surface area contributed by atoms with Crippen LogP contribution in [0.1, 0.15) is 32.9 Å². The summed E-state index contributed by atoms with van der Waals surface area (Å²) in [7, 11) is 2.17. The molecule has 0 saturated carbocycles. The fourth-order valence-corrected chi connectivity index (χ4v) is 3.18. The summed E-state index contributed by atoms with van der Waals surface area (Å²) in [6, 6.07) is 8.42. The molecule has 1 saturated heterocycles. The van der Waals surface area contributed by atoms with E-state index < -0.39 is 0 Å². The molecule has 25 heavy (non-hydrogen) atoms. The number of piperazine rings is 1. The van der Waals surface area contributed by atoms with Crippen LogP contribution in [-0.4, -0.2) is 54.1 Å². The second kappa shape index (κ2) is 7.80. The molecule has 6 nitrogen and oxygen atoms in total. The Balaban J connectivity index is 1.57. The quantitative estimate of drug-likeness (QED) is 0.900. The van der Waals surface area contributed by atoms with Gasteiger partial charge in [-0.2, -0.15) is 0 Å². The summed E-state index contributed by atoms with van der Waals surface area (Å²) in [5.74, 6) is 0.416. The largest absolute Gasteiger partial charge is 0.361 e. The van der Waals surface area contributed by atoms with E-state index in [1.165, 1.54) is 5.56 Å². The molecule has 0 radical (unpaired) electrons. The molecule has 0 aliphatic carbocycles. The third-order valence-corrected chi connectivity index (χ3v) is 4.71. The predicted octanol–water partition coefficient (Wildman–Crippen LogP) is 1.97. The van der Waals surface area contributed by atoms with Gasteiger partial charge in [0.1, 0.15) is 11.3 Å². The van der Waals surface area contributed by atoms with Crippen LogP contribution < -0.4 is 5.32 Å². The van der Waals surface area contributed by atoms with Crippen molar-refractivity contribution in [1.29, 1.82) is 0 Å². The predicted molar refractivity (Wildman–Crippen MR) is 96.4 cm³/mol. The van der Waals surface area contributed by atoms with Gasteiger partial charge >= 0.3 is 0 Å². The van der Waals surface area contributed by atoms with Gasteiger partial charge in [0.25, 0.3) is 5.91 Å². The summed E-state index contributed by atoms with van der Waals surface area (Å²) in [5.41, 5.74) is 3.55. The maximum absolute atomic E-state index is 12.3. The highest BCUT2D eigenvalue weighted by Gasteiger charge is 2.17. The SMILES string of the molecule is Cc1noc(C)c1C(=O)NCc1cccc(CN2CCN(C)CC2)c1. The van der Waals surface area contributed by atoms with Gasteiger partial charge in [0.2, 0.25) is 0 Å². The Hall–Kier alpha value is -2.18. The molecule has 3 rings (SSSR count). The van der Waals surface area contributed by atoms with Crippen molar-refractivity contribution in [3.63, 3.8) is 0 Å². The summed E-state index contributed by atoms with van der Waals surface area (Å²) < 4.78 is 5.06. The number of aromatic nitrogens is 1. The zero-order chi connectivity index (χ0) is 17.8. The number of aryl methyl sites for hydroxylation is 2. The average Bonchev–Trinajstić information content (AvgIpc) is 2.94. The highest BCUT2D eigenvalue weighted by molar-refractivity contribution is 5.96. The van der Waals surface area contributed by atoms with Crippen LogP contribution in [0.15, 0.2) is 28.8 Å². The lowest BCUT2D eigenvalue weighted by molar-refractivity contribution is 0.0949. The molecule has 1 aliphatic rings. The van der Waals surface area contributed by atoms with Gasteiger partial charge in [-0.15, -0.1) is 0 Å². The molecule has 2 heterocycles. The molecular weight excluding hydrogens is 316 g/mol. The summed E-state index contributed by atoms with van der Waals surface area (Å²) in [4.78, 5) is 17.2. The lowest BCUT2D eigenvalue weighted by Gasteiger charge is -2.32. The summed E-state index contributed by atoms with van der Waals surface area (Å²) in [5, 5.41) is 6.79. The van der Waals surface area contributed by atoms with Crippen LogP contribution in [-0.2, 0) is 13.1 Å². The molecule has 134 valence electrons. The highest BCUT2D eigenvalue weighted by Crippen LogP contribution is 2.13. The zero-order valence-corrected chi connectivity index (χ0v) is 15.2. The molecule has 0 spiro atoms. The molecule has 1 aliphatic heterocycles. The van der Waals surface area contributed by atoms with E-state index in [0.717, 1.165) is 38.3 Å². The number of benzene rings is 1.